The maximum absolute atomic E-state index is 9.83. The summed E-state index contributed by atoms with van der Waals surface area (Å²) in [6.45, 7) is 3.63. The van der Waals surface area contributed by atoms with Gasteiger partial charge in [0.2, 0.25) is 0 Å². The van der Waals surface area contributed by atoms with E-state index < -0.39 is 18.3 Å². The molecule has 4 atom stereocenters. The van der Waals surface area contributed by atoms with Crippen molar-refractivity contribution in [2.45, 2.75) is 24.7 Å². The first kappa shape index (κ1) is 16.2. The smallest absolute Gasteiger partial charge is 0.186 e. The van der Waals surface area contributed by atoms with Crippen LogP contribution in [0.5, 0.6) is 0 Å². The molecule has 0 amide bonds. The van der Waals surface area contributed by atoms with Crippen LogP contribution < -0.4 is 4.90 Å². The van der Waals surface area contributed by atoms with E-state index in [0.717, 1.165) is 36.7 Å². The van der Waals surface area contributed by atoms with Crippen LogP contribution in [0, 0.1) is 5.92 Å². The van der Waals surface area contributed by atoms with Gasteiger partial charge in [0.05, 0.1) is 22.4 Å². The zero-order valence-electron chi connectivity index (χ0n) is 13.5. The highest BCUT2D eigenvalue weighted by molar-refractivity contribution is 7.22. The molecule has 6 nitrogen and oxygen atoms in total. The Kier molecular flexibility index (Phi) is 4.44. The molecule has 7 heteroatoms. The maximum atomic E-state index is 9.83. The summed E-state index contributed by atoms with van der Waals surface area (Å²) in [5.41, 5.74) is 1.05. The lowest BCUT2D eigenvalue weighted by molar-refractivity contribution is -0.111. The number of nitrogens with zero attached hydrogens (tertiary/aromatic N) is 3. The summed E-state index contributed by atoms with van der Waals surface area (Å²) in [5, 5.41) is 30.4. The third-order valence-corrected chi connectivity index (χ3v) is 6.13. The molecule has 2 aromatic rings. The lowest BCUT2D eigenvalue weighted by atomic mass is 10.00. The minimum atomic E-state index is -1.02. The third kappa shape index (κ3) is 3.14. The lowest BCUT2D eigenvalue weighted by Gasteiger charge is -2.37. The van der Waals surface area contributed by atoms with E-state index in [0.29, 0.717) is 19.0 Å². The van der Waals surface area contributed by atoms with Gasteiger partial charge in [-0.25, -0.2) is 4.98 Å². The second-order valence-corrected chi connectivity index (χ2v) is 7.92. The number of hydrogen-bond donors (Lipinski definition) is 3. The molecule has 0 saturated carbocycles. The van der Waals surface area contributed by atoms with E-state index in [9.17, 15) is 15.3 Å². The van der Waals surface area contributed by atoms with Crippen LogP contribution in [-0.4, -0.2) is 76.2 Å². The van der Waals surface area contributed by atoms with Gasteiger partial charge in [0.1, 0.15) is 6.10 Å². The number of piperidine rings is 1. The average molecular weight is 349 g/mol. The van der Waals surface area contributed by atoms with Crippen molar-refractivity contribution in [2.24, 2.45) is 5.92 Å². The molecule has 2 aliphatic rings. The molecule has 0 bridgehead atoms. The number of aliphatic hydroxyl groups excluding tert-OH is 3. The number of para-hydroxylation sites is 1. The van der Waals surface area contributed by atoms with Crippen molar-refractivity contribution in [2.75, 3.05) is 37.6 Å². The molecule has 3 heterocycles. The van der Waals surface area contributed by atoms with Crippen LogP contribution in [-0.2, 0) is 0 Å². The predicted octanol–water partition coefficient (Wildman–Crippen LogP) is 0.521. The number of benzene rings is 1. The zero-order chi connectivity index (χ0) is 16.7. The molecule has 0 aliphatic carbocycles. The van der Waals surface area contributed by atoms with Gasteiger partial charge in [0.15, 0.2) is 5.13 Å². The second-order valence-electron chi connectivity index (χ2n) is 6.91. The standard InChI is InChI=1S/C17H23N3O3S/c21-13-9-19(10-14(22)16(13)23)7-11-5-6-20(8-11)17-18-12-3-1-2-4-15(12)24-17/h1-4,11,13-14,16,21-23H,5-10H2/t11-,13-,14+,16+/m1/s1. The number of thiazole rings is 1. The Morgan fingerprint density at radius 1 is 1.08 bits per heavy atom. The maximum Gasteiger partial charge on any atom is 0.186 e. The first-order valence-electron chi connectivity index (χ1n) is 8.47. The van der Waals surface area contributed by atoms with Gasteiger partial charge in [-0.1, -0.05) is 23.5 Å². The van der Waals surface area contributed by atoms with Crippen molar-refractivity contribution in [3.05, 3.63) is 24.3 Å². The molecular weight excluding hydrogens is 326 g/mol. The molecule has 2 saturated heterocycles. The van der Waals surface area contributed by atoms with E-state index in [-0.39, 0.29) is 0 Å². The Morgan fingerprint density at radius 2 is 1.83 bits per heavy atom. The number of anilines is 1. The van der Waals surface area contributed by atoms with Gasteiger partial charge in [0.25, 0.3) is 0 Å². The molecular formula is C17H23N3O3S. The Morgan fingerprint density at radius 3 is 2.58 bits per heavy atom. The molecule has 4 rings (SSSR count). The minimum Gasteiger partial charge on any atom is -0.389 e. The quantitative estimate of drug-likeness (QED) is 0.750. The number of β-amino-alcohol motifs (C(OH)–C–C–N with tert-alkyl or cyclic N) is 2. The Bertz CT molecular complexity index is 664. The molecule has 2 aliphatic heterocycles. The lowest BCUT2D eigenvalue weighted by Crippen LogP contribution is -2.56. The van der Waals surface area contributed by atoms with Crippen LogP contribution in [0.4, 0.5) is 5.13 Å². The highest BCUT2D eigenvalue weighted by Gasteiger charge is 2.35. The van der Waals surface area contributed by atoms with Gasteiger partial charge < -0.3 is 20.2 Å². The van der Waals surface area contributed by atoms with Gasteiger partial charge in [-0.15, -0.1) is 0 Å². The highest BCUT2D eigenvalue weighted by Crippen LogP contribution is 2.32. The number of rotatable bonds is 3. The number of aliphatic hydroxyl groups is 3. The molecule has 0 radical (unpaired) electrons. The predicted molar refractivity (Wildman–Crippen MR) is 94.4 cm³/mol. The van der Waals surface area contributed by atoms with Gasteiger partial charge in [-0.2, -0.15) is 0 Å². The average Bonchev–Trinajstić information content (AvgIpc) is 3.18. The topological polar surface area (TPSA) is 80.1 Å². The first-order chi connectivity index (χ1) is 11.6. The molecule has 2 fully saturated rings. The summed E-state index contributed by atoms with van der Waals surface area (Å²) in [6.07, 6.45) is -1.67. The highest BCUT2D eigenvalue weighted by atomic mass is 32.1. The van der Waals surface area contributed by atoms with Crippen molar-refractivity contribution >= 4 is 26.7 Å². The van der Waals surface area contributed by atoms with Crippen molar-refractivity contribution in [1.29, 1.82) is 0 Å². The van der Waals surface area contributed by atoms with Crippen molar-refractivity contribution in [1.82, 2.24) is 9.88 Å². The van der Waals surface area contributed by atoms with Crippen molar-refractivity contribution in [3.8, 4) is 0 Å². The fraction of sp³-hybridized carbons (Fsp3) is 0.588. The van der Waals surface area contributed by atoms with Gasteiger partial charge in [0, 0.05) is 32.7 Å². The van der Waals surface area contributed by atoms with Gasteiger partial charge in [-0.05, 0) is 24.5 Å². The number of aromatic nitrogens is 1. The largest absolute Gasteiger partial charge is 0.389 e. The molecule has 24 heavy (non-hydrogen) atoms. The Balaban J connectivity index is 1.38. The van der Waals surface area contributed by atoms with Crippen molar-refractivity contribution < 1.29 is 15.3 Å². The van der Waals surface area contributed by atoms with Crippen LogP contribution in [0.3, 0.4) is 0 Å². The monoisotopic (exact) mass is 349 g/mol. The fourth-order valence-electron chi connectivity index (χ4n) is 3.74. The zero-order valence-corrected chi connectivity index (χ0v) is 14.3. The van der Waals surface area contributed by atoms with E-state index in [1.165, 1.54) is 4.70 Å². The summed E-state index contributed by atoms with van der Waals surface area (Å²) in [5.74, 6) is 0.492. The molecule has 0 unspecified atom stereocenters. The summed E-state index contributed by atoms with van der Waals surface area (Å²) in [7, 11) is 0. The van der Waals surface area contributed by atoms with Crippen LogP contribution >= 0.6 is 11.3 Å². The van der Waals surface area contributed by atoms with E-state index in [4.69, 9.17) is 4.98 Å². The third-order valence-electron chi connectivity index (χ3n) is 5.03. The molecule has 1 aromatic heterocycles. The molecule has 1 aromatic carbocycles. The Hall–Kier alpha value is -1.25. The van der Waals surface area contributed by atoms with E-state index in [1.807, 2.05) is 18.2 Å². The van der Waals surface area contributed by atoms with Gasteiger partial charge in [-0.3, -0.25) is 4.90 Å². The first-order valence-corrected chi connectivity index (χ1v) is 9.29. The molecule has 130 valence electrons. The second kappa shape index (κ2) is 6.57. The van der Waals surface area contributed by atoms with Crippen molar-refractivity contribution in [3.63, 3.8) is 0 Å². The summed E-state index contributed by atoms with van der Waals surface area (Å²) >= 11 is 1.73. The summed E-state index contributed by atoms with van der Waals surface area (Å²) in [6, 6.07) is 8.20. The minimum absolute atomic E-state index is 0.426. The molecule has 3 N–H and O–H groups in total. The SMILES string of the molecule is O[C@H]1[C@H](O)CN(C[C@H]2CCN(c3nc4ccccc4s3)C2)C[C@@H]1O. The fourth-order valence-corrected chi connectivity index (χ4v) is 4.74. The van der Waals surface area contributed by atoms with E-state index >= 15 is 0 Å². The number of hydrogen-bond acceptors (Lipinski definition) is 7. The van der Waals surface area contributed by atoms with E-state index in [2.05, 4.69) is 15.9 Å². The van der Waals surface area contributed by atoms with Crippen LogP contribution in [0.25, 0.3) is 10.2 Å². The van der Waals surface area contributed by atoms with Crippen LogP contribution in [0.1, 0.15) is 6.42 Å². The summed E-state index contributed by atoms with van der Waals surface area (Å²) in [4.78, 5) is 9.13. The van der Waals surface area contributed by atoms with Gasteiger partial charge >= 0.3 is 0 Å². The van der Waals surface area contributed by atoms with Crippen LogP contribution in [0.2, 0.25) is 0 Å². The number of fused-ring (bicyclic) bond motifs is 1. The number of likely N-dealkylation sites (tertiary alicyclic amines) is 1. The normalized spacial score (nSPS) is 31.9. The van der Waals surface area contributed by atoms with Crippen LogP contribution in [0.15, 0.2) is 24.3 Å². The molecule has 0 spiro atoms. The summed E-state index contributed by atoms with van der Waals surface area (Å²) < 4.78 is 1.22. The van der Waals surface area contributed by atoms with E-state index in [1.54, 1.807) is 11.3 Å². The Labute approximate surface area is 145 Å².